The molecule has 5 heteroatoms. The second kappa shape index (κ2) is 4.70. The highest BCUT2D eigenvalue weighted by Crippen LogP contribution is 2.33. The van der Waals surface area contributed by atoms with E-state index in [0.29, 0.717) is 28.7 Å². The summed E-state index contributed by atoms with van der Waals surface area (Å²) in [4.78, 5) is 37.3. The Balaban J connectivity index is 2.38. The van der Waals surface area contributed by atoms with Crippen LogP contribution in [0.3, 0.4) is 0 Å². The molecule has 0 fully saturated rings. The second-order valence-electron chi connectivity index (χ2n) is 4.91. The molecule has 21 heavy (non-hydrogen) atoms. The van der Waals surface area contributed by atoms with Gasteiger partial charge in [-0.25, -0.2) is 0 Å². The van der Waals surface area contributed by atoms with E-state index in [1.54, 1.807) is 29.2 Å². The number of amides is 3. The van der Waals surface area contributed by atoms with E-state index in [9.17, 15) is 14.4 Å². The molecule has 1 N–H and O–H groups in total. The largest absolute Gasteiger partial charge is 0.312 e. The molecule has 106 valence electrons. The van der Waals surface area contributed by atoms with E-state index < -0.39 is 11.8 Å². The number of hydrogen-bond acceptors (Lipinski definition) is 3. The maximum absolute atomic E-state index is 12.0. The summed E-state index contributed by atoms with van der Waals surface area (Å²) in [6.07, 6.45) is 0. The third-order valence-electron chi connectivity index (χ3n) is 3.72. The van der Waals surface area contributed by atoms with Gasteiger partial charge in [0.2, 0.25) is 5.91 Å². The number of benzene rings is 2. The molecule has 0 spiro atoms. The van der Waals surface area contributed by atoms with Crippen LogP contribution < -0.4 is 10.2 Å². The lowest BCUT2D eigenvalue weighted by Gasteiger charge is -2.24. The molecule has 0 aliphatic carbocycles. The highest BCUT2D eigenvalue weighted by molar-refractivity contribution is 6.27. The fraction of sp³-hybridized carbons (Fsp3) is 0.188. The number of hydrogen-bond donors (Lipinski definition) is 1. The molecule has 0 saturated heterocycles. The second-order valence-corrected chi connectivity index (χ2v) is 4.91. The van der Waals surface area contributed by atoms with Crippen LogP contribution in [0.2, 0.25) is 0 Å². The summed E-state index contributed by atoms with van der Waals surface area (Å²) in [5, 5.41) is 3.68. The Hall–Kier alpha value is -2.69. The van der Waals surface area contributed by atoms with Crippen molar-refractivity contribution in [3.8, 4) is 0 Å². The van der Waals surface area contributed by atoms with Crippen LogP contribution in [0.4, 0.5) is 5.69 Å². The van der Waals surface area contributed by atoms with Crippen molar-refractivity contribution in [1.82, 2.24) is 5.32 Å². The van der Waals surface area contributed by atoms with Gasteiger partial charge in [-0.2, -0.15) is 0 Å². The van der Waals surface area contributed by atoms with E-state index in [1.165, 1.54) is 6.92 Å². The average Bonchev–Trinajstić information content (AvgIpc) is 2.45. The van der Waals surface area contributed by atoms with Gasteiger partial charge in [0.25, 0.3) is 11.8 Å². The molecule has 2 aromatic carbocycles. The van der Waals surface area contributed by atoms with E-state index >= 15 is 0 Å². The maximum atomic E-state index is 12.0. The van der Waals surface area contributed by atoms with Crippen LogP contribution in [0.5, 0.6) is 0 Å². The van der Waals surface area contributed by atoms with E-state index in [4.69, 9.17) is 0 Å². The summed E-state index contributed by atoms with van der Waals surface area (Å²) in [5.41, 5.74) is 1.64. The van der Waals surface area contributed by atoms with Crippen LogP contribution in [-0.2, 0) is 4.79 Å². The minimum absolute atomic E-state index is 0.0789. The first-order valence-corrected chi connectivity index (χ1v) is 6.74. The standard InChI is InChI=1S/C16H14N2O3/c1-3-18(9(2)19)13-8-7-12-14-10(13)5-4-6-11(14)15(20)17-16(12)21/h4-8H,3H2,1-2H3,(H,17,20,21). The van der Waals surface area contributed by atoms with E-state index in [0.717, 1.165) is 5.39 Å². The van der Waals surface area contributed by atoms with Gasteiger partial charge >= 0.3 is 0 Å². The van der Waals surface area contributed by atoms with Gasteiger partial charge in [0.05, 0.1) is 5.69 Å². The quantitative estimate of drug-likeness (QED) is 0.858. The molecule has 1 heterocycles. The summed E-state index contributed by atoms with van der Waals surface area (Å²) >= 11 is 0. The number of imide groups is 1. The third-order valence-corrected chi connectivity index (χ3v) is 3.72. The molecule has 5 nitrogen and oxygen atoms in total. The molecule has 0 bridgehead atoms. The number of carbonyl (C=O) groups is 3. The summed E-state index contributed by atoms with van der Waals surface area (Å²) in [6.45, 7) is 3.90. The number of rotatable bonds is 2. The van der Waals surface area contributed by atoms with Crippen LogP contribution in [0.25, 0.3) is 10.8 Å². The summed E-state index contributed by atoms with van der Waals surface area (Å²) < 4.78 is 0. The first kappa shape index (κ1) is 13.3. The average molecular weight is 282 g/mol. The van der Waals surface area contributed by atoms with Crippen molar-refractivity contribution in [2.24, 2.45) is 0 Å². The van der Waals surface area contributed by atoms with Crippen LogP contribution in [0, 0.1) is 0 Å². The number of carbonyl (C=O) groups excluding carboxylic acids is 3. The fourth-order valence-electron chi connectivity index (χ4n) is 2.81. The van der Waals surface area contributed by atoms with E-state index in [2.05, 4.69) is 5.32 Å². The van der Waals surface area contributed by atoms with Gasteiger partial charge < -0.3 is 4.90 Å². The predicted molar refractivity (Wildman–Crippen MR) is 79.4 cm³/mol. The minimum atomic E-state index is -0.402. The highest BCUT2D eigenvalue weighted by atomic mass is 16.2. The van der Waals surface area contributed by atoms with E-state index in [1.807, 2.05) is 13.0 Å². The van der Waals surface area contributed by atoms with E-state index in [-0.39, 0.29) is 5.91 Å². The van der Waals surface area contributed by atoms with Gasteiger partial charge in [0, 0.05) is 35.4 Å². The zero-order chi connectivity index (χ0) is 15.1. The van der Waals surface area contributed by atoms with Gasteiger partial charge in [0.1, 0.15) is 0 Å². The molecule has 1 aliphatic heterocycles. The van der Waals surface area contributed by atoms with Crippen molar-refractivity contribution < 1.29 is 14.4 Å². The minimum Gasteiger partial charge on any atom is -0.312 e. The number of nitrogens with one attached hydrogen (secondary N) is 1. The molecule has 3 rings (SSSR count). The van der Waals surface area contributed by atoms with Gasteiger partial charge in [-0.1, -0.05) is 12.1 Å². The Morgan fingerprint density at radius 2 is 1.76 bits per heavy atom. The monoisotopic (exact) mass is 282 g/mol. The van der Waals surface area contributed by atoms with Crippen molar-refractivity contribution in [3.63, 3.8) is 0 Å². The molecule has 2 aromatic rings. The molecular formula is C16H14N2O3. The van der Waals surface area contributed by atoms with Gasteiger partial charge in [-0.15, -0.1) is 0 Å². The Labute approximate surface area is 121 Å². The summed E-state index contributed by atoms with van der Waals surface area (Å²) in [6, 6.07) is 8.68. The normalized spacial score (nSPS) is 13.2. The van der Waals surface area contributed by atoms with Crippen LogP contribution in [0.15, 0.2) is 30.3 Å². The highest BCUT2D eigenvalue weighted by Gasteiger charge is 2.26. The van der Waals surface area contributed by atoms with Gasteiger partial charge in [-0.05, 0) is 25.1 Å². The van der Waals surface area contributed by atoms with Crippen molar-refractivity contribution in [1.29, 1.82) is 0 Å². The maximum Gasteiger partial charge on any atom is 0.258 e. The predicted octanol–water partition coefficient (Wildman–Crippen LogP) is 2.10. The lowest BCUT2D eigenvalue weighted by Crippen LogP contribution is -2.35. The molecule has 0 atom stereocenters. The molecule has 3 amide bonds. The van der Waals surface area contributed by atoms with Crippen molar-refractivity contribution in [3.05, 3.63) is 41.5 Å². The Morgan fingerprint density at radius 1 is 1.10 bits per heavy atom. The first-order chi connectivity index (χ1) is 10.0. The molecule has 1 aliphatic rings. The number of nitrogens with zero attached hydrogens (tertiary/aromatic N) is 1. The van der Waals surface area contributed by atoms with Gasteiger partial charge in [-0.3, -0.25) is 19.7 Å². The Kier molecular flexibility index (Phi) is 2.97. The first-order valence-electron chi connectivity index (χ1n) is 6.74. The molecule has 0 saturated carbocycles. The Bertz CT molecular complexity index is 775. The lowest BCUT2D eigenvalue weighted by molar-refractivity contribution is -0.116. The van der Waals surface area contributed by atoms with Crippen LogP contribution in [-0.4, -0.2) is 24.3 Å². The fourth-order valence-corrected chi connectivity index (χ4v) is 2.81. The molecule has 0 radical (unpaired) electrons. The Morgan fingerprint density at radius 3 is 2.38 bits per heavy atom. The zero-order valence-electron chi connectivity index (χ0n) is 11.8. The van der Waals surface area contributed by atoms with Crippen molar-refractivity contribution in [2.45, 2.75) is 13.8 Å². The van der Waals surface area contributed by atoms with Crippen molar-refractivity contribution >= 4 is 34.2 Å². The number of anilines is 1. The smallest absolute Gasteiger partial charge is 0.258 e. The van der Waals surface area contributed by atoms with Crippen molar-refractivity contribution in [2.75, 3.05) is 11.4 Å². The van der Waals surface area contributed by atoms with Gasteiger partial charge in [0.15, 0.2) is 0 Å². The topological polar surface area (TPSA) is 66.5 Å². The zero-order valence-corrected chi connectivity index (χ0v) is 11.8. The molecule has 0 unspecified atom stereocenters. The third kappa shape index (κ3) is 1.89. The SMILES string of the molecule is CCN(C(C)=O)c1ccc2c3c(cccc13)C(=O)NC2=O. The summed E-state index contributed by atoms with van der Waals surface area (Å²) in [5.74, 6) is -0.882. The van der Waals surface area contributed by atoms with Crippen LogP contribution in [0.1, 0.15) is 34.6 Å². The molecular weight excluding hydrogens is 268 g/mol. The summed E-state index contributed by atoms with van der Waals surface area (Å²) in [7, 11) is 0. The lowest BCUT2D eigenvalue weighted by atomic mass is 9.94. The molecule has 0 aromatic heterocycles. The van der Waals surface area contributed by atoms with Crippen LogP contribution >= 0.6 is 0 Å².